The van der Waals surface area contributed by atoms with Crippen molar-refractivity contribution >= 4 is 11.7 Å². The van der Waals surface area contributed by atoms with Crippen molar-refractivity contribution in [3.8, 4) is 5.75 Å². The monoisotopic (exact) mass is 390 g/mol. The van der Waals surface area contributed by atoms with E-state index in [2.05, 4.69) is 10.1 Å². The highest BCUT2D eigenvalue weighted by Crippen LogP contribution is 2.53. The second kappa shape index (κ2) is 7.37. The van der Waals surface area contributed by atoms with Crippen molar-refractivity contribution in [1.82, 2.24) is 4.90 Å². The van der Waals surface area contributed by atoms with Gasteiger partial charge in [-0.1, -0.05) is 43.2 Å². The summed E-state index contributed by atoms with van der Waals surface area (Å²) in [6.45, 7) is -2.46. The molecule has 0 spiro atoms. The van der Waals surface area contributed by atoms with E-state index in [1.807, 2.05) is 35.2 Å². The van der Waals surface area contributed by atoms with Crippen molar-refractivity contribution in [2.75, 3.05) is 11.9 Å². The van der Waals surface area contributed by atoms with Crippen LogP contribution < -0.4 is 10.1 Å². The minimum absolute atomic E-state index is 0.201. The van der Waals surface area contributed by atoms with Gasteiger partial charge in [-0.15, -0.1) is 0 Å². The number of benzene rings is 2. The zero-order chi connectivity index (χ0) is 19.7. The average molecular weight is 390 g/mol. The Kier molecular flexibility index (Phi) is 4.91. The van der Waals surface area contributed by atoms with Gasteiger partial charge in [0, 0.05) is 24.2 Å². The first-order valence-corrected chi connectivity index (χ1v) is 9.39. The van der Waals surface area contributed by atoms with Gasteiger partial charge in [0.1, 0.15) is 0 Å². The molecule has 148 valence electrons. The lowest BCUT2D eigenvalue weighted by atomic mass is 9.62. The Morgan fingerprint density at radius 2 is 1.96 bits per heavy atom. The molecule has 2 aliphatic rings. The molecule has 0 unspecified atom stereocenters. The number of nitrogens with one attached hydrogen (secondary N) is 1. The third-order valence-corrected chi connectivity index (χ3v) is 5.84. The summed E-state index contributed by atoms with van der Waals surface area (Å²) >= 11 is 0. The molecule has 2 aromatic rings. The number of hydrogen-bond donors (Lipinski definition) is 1. The summed E-state index contributed by atoms with van der Waals surface area (Å²) in [4.78, 5) is 14.8. The normalized spacial score (nSPS) is 23.7. The zero-order valence-corrected chi connectivity index (χ0v) is 15.2. The van der Waals surface area contributed by atoms with Crippen LogP contribution in [0.15, 0.2) is 48.5 Å². The molecule has 0 bridgehead atoms. The molecule has 1 saturated heterocycles. The molecule has 2 fully saturated rings. The van der Waals surface area contributed by atoms with Gasteiger partial charge in [-0.05, 0) is 30.5 Å². The van der Waals surface area contributed by atoms with Crippen molar-refractivity contribution < 1.29 is 22.7 Å². The Morgan fingerprint density at radius 3 is 2.64 bits per heavy atom. The Hall–Kier alpha value is -2.70. The summed E-state index contributed by atoms with van der Waals surface area (Å²) in [6.07, 6.45) is 4.17. The van der Waals surface area contributed by atoms with E-state index in [0.29, 0.717) is 12.5 Å². The number of rotatable bonds is 4. The van der Waals surface area contributed by atoms with Gasteiger partial charge in [0.05, 0.1) is 5.54 Å². The molecule has 1 heterocycles. The van der Waals surface area contributed by atoms with Crippen LogP contribution in [-0.4, -0.2) is 24.1 Å². The van der Waals surface area contributed by atoms with E-state index < -0.39 is 18.2 Å². The molecule has 4 rings (SSSR count). The summed E-state index contributed by atoms with van der Waals surface area (Å²) in [5, 5.41) is 2.70. The Balaban J connectivity index is 1.54. The Labute approximate surface area is 161 Å². The maximum absolute atomic E-state index is 13.9. The highest BCUT2D eigenvalue weighted by molar-refractivity contribution is 5.91. The molecule has 2 amide bonds. The van der Waals surface area contributed by atoms with Gasteiger partial charge in [-0.2, -0.15) is 8.78 Å². The minimum atomic E-state index is -3.11. The van der Waals surface area contributed by atoms with Crippen LogP contribution in [0.2, 0.25) is 0 Å². The standard InChI is InChI=1S/C21H21F3N2O2/c22-17-12-16(9-10-18(17)28-19(23)24)25-20(27)26-13-15-8-4-5-11-21(15,26)14-6-2-1-3-7-14/h1-3,6-7,9-10,12,15,19H,4-5,8,11,13H2,(H,25,27)/t15-,21-/m0/s1. The summed E-state index contributed by atoms with van der Waals surface area (Å²) in [5.41, 5.74) is 0.987. The zero-order valence-electron chi connectivity index (χ0n) is 15.2. The lowest BCUT2D eigenvalue weighted by Crippen LogP contribution is -2.68. The molecule has 0 aromatic heterocycles. The lowest BCUT2D eigenvalue weighted by molar-refractivity contribution is -0.0756. The van der Waals surface area contributed by atoms with Gasteiger partial charge in [0.25, 0.3) is 0 Å². The number of urea groups is 1. The smallest absolute Gasteiger partial charge is 0.387 e. The largest absolute Gasteiger partial charge is 0.432 e. The second-order valence-electron chi connectivity index (χ2n) is 7.30. The van der Waals surface area contributed by atoms with E-state index >= 15 is 0 Å². The number of carbonyl (C=O) groups excluding carboxylic acids is 1. The molecule has 1 saturated carbocycles. The maximum atomic E-state index is 13.9. The van der Waals surface area contributed by atoms with Crippen LogP contribution in [0.25, 0.3) is 0 Å². The summed E-state index contributed by atoms with van der Waals surface area (Å²) in [7, 11) is 0. The van der Waals surface area contributed by atoms with Gasteiger partial charge in [0.15, 0.2) is 11.6 Å². The van der Waals surface area contributed by atoms with Crippen LogP contribution in [0.1, 0.15) is 31.2 Å². The second-order valence-corrected chi connectivity index (χ2v) is 7.30. The van der Waals surface area contributed by atoms with Crippen molar-refractivity contribution in [1.29, 1.82) is 0 Å². The average Bonchev–Trinajstić information content (AvgIpc) is 2.65. The number of likely N-dealkylation sites (tertiary alicyclic amines) is 1. The fourth-order valence-corrected chi connectivity index (χ4v) is 4.58. The highest BCUT2D eigenvalue weighted by Gasteiger charge is 2.57. The number of fused-ring (bicyclic) bond motifs is 1. The number of hydrogen-bond acceptors (Lipinski definition) is 2. The summed E-state index contributed by atoms with van der Waals surface area (Å²) < 4.78 is 42.6. The number of carbonyl (C=O) groups is 1. The fraction of sp³-hybridized carbons (Fsp3) is 0.381. The number of amides is 2. The van der Waals surface area contributed by atoms with Gasteiger partial charge in [-0.25, -0.2) is 9.18 Å². The molecule has 1 aliphatic carbocycles. The molecule has 1 N–H and O–H groups in total. The fourth-order valence-electron chi connectivity index (χ4n) is 4.58. The SMILES string of the molecule is O=C(Nc1ccc(OC(F)F)c(F)c1)N1C[C@@H]2CCCC[C@]21c1ccccc1. The minimum Gasteiger partial charge on any atom is -0.432 e. The quantitative estimate of drug-likeness (QED) is 0.764. The highest BCUT2D eigenvalue weighted by atomic mass is 19.3. The molecule has 2 aromatic carbocycles. The number of anilines is 1. The molecule has 4 nitrogen and oxygen atoms in total. The van der Waals surface area contributed by atoms with E-state index in [1.54, 1.807) is 0 Å². The van der Waals surface area contributed by atoms with E-state index in [4.69, 9.17) is 0 Å². The van der Waals surface area contributed by atoms with Crippen molar-refractivity contribution in [3.63, 3.8) is 0 Å². The van der Waals surface area contributed by atoms with Gasteiger partial charge < -0.3 is 15.0 Å². The molecule has 1 aliphatic heterocycles. The number of ether oxygens (including phenoxy) is 1. The third kappa shape index (κ3) is 3.19. The van der Waals surface area contributed by atoms with Crippen LogP contribution in [0, 0.1) is 11.7 Å². The van der Waals surface area contributed by atoms with E-state index in [9.17, 15) is 18.0 Å². The van der Waals surface area contributed by atoms with E-state index in [-0.39, 0.29) is 17.3 Å². The number of halogens is 3. The van der Waals surface area contributed by atoms with Gasteiger partial charge in [-0.3, -0.25) is 0 Å². The Bertz CT molecular complexity index is 862. The maximum Gasteiger partial charge on any atom is 0.387 e. The van der Waals surface area contributed by atoms with Crippen molar-refractivity contribution in [3.05, 3.63) is 59.9 Å². The van der Waals surface area contributed by atoms with Gasteiger partial charge in [0.2, 0.25) is 0 Å². The topological polar surface area (TPSA) is 41.6 Å². The number of alkyl halides is 2. The predicted octanol–water partition coefficient (Wildman–Crippen LogP) is 5.36. The van der Waals surface area contributed by atoms with Crippen molar-refractivity contribution in [2.24, 2.45) is 5.92 Å². The predicted molar refractivity (Wildman–Crippen MR) is 98.8 cm³/mol. The third-order valence-electron chi connectivity index (χ3n) is 5.84. The molecular formula is C21H21F3N2O2. The van der Waals surface area contributed by atoms with Gasteiger partial charge >= 0.3 is 12.6 Å². The van der Waals surface area contributed by atoms with Crippen LogP contribution in [-0.2, 0) is 5.54 Å². The van der Waals surface area contributed by atoms with Crippen LogP contribution >= 0.6 is 0 Å². The lowest BCUT2D eigenvalue weighted by Gasteiger charge is -2.61. The van der Waals surface area contributed by atoms with Crippen molar-refractivity contribution in [2.45, 2.75) is 37.8 Å². The first-order valence-electron chi connectivity index (χ1n) is 9.39. The molecule has 7 heteroatoms. The van der Waals surface area contributed by atoms with Crippen LogP contribution in [0.3, 0.4) is 0 Å². The van der Waals surface area contributed by atoms with E-state index in [1.165, 1.54) is 6.07 Å². The molecule has 0 radical (unpaired) electrons. The van der Waals surface area contributed by atoms with Crippen LogP contribution in [0.5, 0.6) is 5.75 Å². The molecule has 2 atom stereocenters. The Morgan fingerprint density at radius 1 is 1.18 bits per heavy atom. The summed E-state index contributed by atoms with van der Waals surface area (Å²) in [6, 6.07) is 13.1. The molecular weight excluding hydrogens is 369 g/mol. The molecule has 28 heavy (non-hydrogen) atoms. The first-order chi connectivity index (χ1) is 13.5. The number of nitrogens with zero attached hydrogens (tertiary/aromatic N) is 1. The summed E-state index contributed by atoms with van der Waals surface area (Å²) in [5.74, 6) is -1.09. The first kappa shape index (κ1) is 18.7. The van der Waals surface area contributed by atoms with Crippen LogP contribution in [0.4, 0.5) is 23.7 Å². The van der Waals surface area contributed by atoms with E-state index in [0.717, 1.165) is 43.4 Å².